The summed E-state index contributed by atoms with van der Waals surface area (Å²) >= 11 is 1.88. The minimum atomic E-state index is 0.756. The Morgan fingerprint density at radius 1 is 1.24 bits per heavy atom. The van der Waals surface area contributed by atoms with E-state index in [2.05, 4.69) is 57.2 Å². The summed E-state index contributed by atoms with van der Waals surface area (Å²) in [6, 6.07) is 10.6. The number of thioether (sulfide) groups is 1. The normalized spacial score (nSPS) is 13.7. The Morgan fingerprint density at radius 3 is 2.53 bits per heavy atom. The molecule has 17 heavy (non-hydrogen) atoms. The number of hydrogen-bond donors (Lipinski definition) is 0. The van der Waals surface area contributed by atoms with Crippen molar-refractivity contribution >= 4 is 11.8 Å². The Balaban J connectivity index is 2.52. The number of benzene rings is 1. The van der Waals surface area contributed by atoms with Crippen LogP contribution in [-0.2, 0) is 0 Å². The molecule has 1 unspecified atom stereocenters. The molecule has 94 valence electrons. The van der Waals surface area contributed by atoms with Gasteiger partial charge in [-0.25, -0.2) is 0 Å². The predicted octanol–water partition coefficient (Wildman–Crippen LogP) is 5.90. The van der Waals surface area contributed by atoms with Crippen molar-refractivity contribution in [3.8, 4) is 0 Å². The van der Waals surface area contributed by atoms with Crippen molar-refractivity contribution in [1.29, 1.82) is 0 Å². The highest BCUT2D eigenvalue weighted by Gasteiger charge is 2.03. The number of allylic oxidation sites excluding steroid dienone is 2. The highest BCUT2D eigenvalue weighted by atomic mass is 32.2. The SMILES string of the molecule is CCCCC(/C=C(/C)Sc1ccccc1)CC. The van der Waals surface area contributed by atoms with Crippen LogP contribution >= 0.6 is 11.8 Å². The van der Waals surface area contributed by atoms with Crippen LogP contribution < -0.4 is 0 Å². The van der Waals surface area contributed by atoms with Crippen LogP contribution in [0.25, 0.3) is 0 Å². The summed E-state index contributed by atoms with van der Waals surface area (Å²) < 4.78 is 0. The van der Waals surface area contributed by atoms with Gasteiger partial charge in [0.15, 0.2) is 0 Å². The molecule has 0 aromatic heterocycles. The molecule has 0 aliphatic carbocycles. The first kappa shape index (κ1) is 14.4. The molecule has 0 fully saturated rings. The summed E-state index contributed by atoms with van der Waals surface area (Å²) in [6.07, 6.45) is 7.69. The van der Waals surface area contributed by atoms with Crippen LogP contribution in [0.4, 0.5) is 0 Å². The van der Waals surface area contributed by atoms with E-state index in [1.54, 1.807) is 0 Å². The van der Waals surface area contributed by atoms with Gasteiger partial charge in [0.05, 0.1) is 0 Å². The van der Waals surface area contributed by atoms with Crippen LogP contribution in [0.5, 0.6) is 0 Å². The second-order valence-electron chi connectivity index (χ2n) is 4.50. The summed E-state index contributed by atoms with van der Waals surface area (Å²) in [4.78, 5) is 2.77. The van der Waals surface area contributed by atoms with Gasteiger partial charge >= 0.3 is 0 Å². The van der Waals surface area contributed by atoms with Crippen molar-refractivity contribution in [2.45, 2.75) is 51.3 Å². The summed E-state index contributed by atoms with van der Waals surface area (Å²) in [6.45, 7) is 6.78. The average Bonchev–Trinajstić information content (AvgIpc) is 2.35. The first-order chi connectivity index (χ1) is 8.26. The lowest BCUT2D eigenvalue weighted by Crippen LogP contribution is -1.94. The third-order valence-corrected chi connectivity index (χ3v) is 3.91. The van der Waals surface area contributed by atoms with Gasteiger partial charge in [0, 0.05) is 4.90 Å². The van der Waals surface area contributed by atoms with Gasteiger partial charge in [0.25, 0.3) is 0 Å². The molecule has 0 amide bonds. The molecule has 0 saturated carbocycles. The van der Waals surface area contributed by atoms with Gasteiger partial charge < -0.3 is 0 Å². The van der Waals surface area contributed by atoms with Crippen LogP contribution in [0.15, 0.2) is 46.2 Å². The van der Waals surface area contributed by atoms with E-state index in [0.717, 1.165) is 5.92 Å². The Morgan fingerprint density at radius 2 is 1.94 bits per heavy atom. The molecular weight excluding hydrogens is 224 g/mol. The van der Waals surface area contributed by atoms with E-state index in [1.165, 1.54) is 35.5 Å². The van der Waals surface area contributed by atoms with E-state index >= 15 is 0 Å². The predicted molar refractivity (Wildman–Crippen MR) is 79.4 cm³/mol. The molecule has 1 heteroatoms. The van der Waals surface area contributed by atoms with Gasteiger partial charge in [-0.3, -0.25) is 0 Å². The fourth-order valence-electron chi connectivity index (χ4n) is 1.91. The molecule has 0 N–H and O–H groups in total. The van der Waals surface area contributed by atoms with Crippen LogP contribution in [0.3, 0.4) is 0 Å². The van der Waals surface area contributed by atoms with Gasteiger partial charge in [-0.15, -0.1) is 0 Å². The van der Waals surface area contributed by atoms with E-state index < -0.39 is 0 Å². The van der Waals surface area contributed by atoms with Crippen molar-refractivity contribution in [1.82, 2.24) is 0 Å². The van der Waals surface area contributed by atoms with Crippen LogP contribution in [0, 0.1) is 5.92 Å². The fraction of sp³-hybridized carbons (Fsp3) is 0.500. The highest BCUT2D eigenvalue weighted by Crippen LogP contribution is 2.28. The van der Waals surface area contributed by atoms with E-state index in [0.29, 0.717) is 0 Å². The molecule has 1 atom stereocenters. The number of unbranched alkanes of at least 4 members (excludes halogenated alkanes) is 1. The Kier molecular flexibility index (Phi) is 7.11. The minimum absolute atomic E-state index is 0.756. The molecule has 1 aromatic rings. The Hall–Kier alpha value is -0.690. The molecule has 0 aliphatic rings. The van der Waals surface area contributed by atoms with Crippen molar-refractivity contribution in [2.75, 3.05) is 0 Å². The molecule has 0 spiro atoms. The van der Waals surface area contributed by atoms with Crippen molar-refractivity contribution in [3.05, 3.63) is 41.3 Å². The molecule has 0 aliphatic heterocycles. The largest absolute Gasteiger partial charge is 0.0952 e. The molecule has 0 bridgehead atoms. The lowest BCUT2D eigenvalue weighted by atomic mass is 9.99. The number of rotatable bonds is 7. The molecule has 0 saturated heterocycles. The molecule has 0 radical (unpaired) electrons. The second-order valence-corrected chi connectivity index (χ2v) is 5.82. The maximum Gasteiger partial charge on any atom is 0.0118 e. The zero-order valence-corrected chi connectivity index (χ0v) is 12.1. The minimum Gasteiger partial charge on any atom is -0.0952 e. The third-order valence-electron chi connectivity index (χ3n) is 2.95. The van der Waals surface area contributed by atoms with Crippen LogP contribution in [0.2, 0.25) is 0 Å². The van der Waals surface area contributed by atoms with Gasteiger partial charge in [0.2, 0.25) is 0 Å². The molecule has 1 aromatic carbocycles. The maximum atomic E-state index is 2.45. The maximum absolute atomic E-state index is 2.45. The van der Waals surface area contributed by atoms with E-state index in [1.807, 2.05) is 11.8 Å². The van der Waals surface area contributed by atoms with Crippen molar-refractivity contribution in [3.63, 3.8) is 0 Å². The quantitative estimate of drug-likeness (QED) is 0.541. The van der Waals surface area contributed by atoms with E-state index in [9.17, 15) is 0 Å². The van der Waals surface area contributed by atoms with Crippen LogP contribution in [-0.4, -0.2) is 0 Å². The highest BCUT2D eigenvalue weighted by molar-refractivity contribution is 8.03. The lowest BCUT2D eigenvalue weighted by molar-refractivity contribution is 0.539. The van der Waals surface area contributed by atoms with Gasteiger partial charge in [-0.05, 0) is 42.7 Å². The molecule has 0 nitrogen and oxygen atoms in total. The van der Waals surface area contributed by atoms with E-state index in [4.69, 9.17) is 0 Å². The molecule has 1 rings (SSSR count). The summed E-state index contributed by atoms with van der Waals surface area (Å²) in [5, 5.41) is 0. The van der Waals surface area contributed by atoms with Crippen molar-refractivity contribution in [2.24, 2.45) is 5.92 Å². The molecular formula is C16H24S. The third kappa shape index (κ3) is 5.97. The van der Waals surface area contributed by atoms with Crippen LogP contribution in [0.1, 0.15) is 46.5 Å². The summed E-state index contributed by atoms with van der Waals surface area (Å²) in [5.74, 6) is 0.756. The second kappa shape index (κ2) is 8.41. The number of hydrogen-bond acceptors (Lipinski definition) is 1. The molecule has 0 heterocycles. The lowest BCUT2D eigenvalue weighted by Gasteiger charge is -2.11. The summed E-state index contributed by atoms with van der Waals surface area (Å²) in [5.41, 5.74) is 0. The first-order valence-electron chi connectivity index (χ1n) is 6.67. The Bertz CT molecular complexity index is 327. The fourth-order valence-corrected chi connectivity index (χ4v) is 2.84. The van der Waals surface area contributed by atoms with Crippen molar-refractivity contribution < 1.29 is 0 Å². The smallest absolute Gasteiger partial charge is 0.0118 e. The topological polar surface area (TPSA) is 0 Å². The van der Waals surface area contributed by atoms with Gasteiger partial charge in [-0.2, -0.15) is 0 Å². The zero-order chi connectivity index (χ0) is 12.5. The first-order valence-corrected chi connectivity index (χ1v) is 7.49. The van der Waals surface area contributed by atoms with E-state index in [-0.39, 0.29) is 0 Å². The zero-order valence-electron chi connectivity index (χ0n) is 11.3. The van der Waals surface area contributed by atoms with Gasteiger partial charge in [-0.1, -0.05) is 62.7 Å². The Labute approximate surface area is 111 Å². The summed E-state index contributed by atoms with van der Waals surface area (Å²) in [7, 11) is 0. The van der Waals surface area contributed by atoms with Gasteiger partial charge in [0.1, 0.15) is 0 Å². The standard InChI is InChI=1S/C16H24S/c1-4-6-10-15(5-2)13-14(3)17-16-11-8-7-9-12-16/h7-9,11-13,15H,4-6,10H2,1-3H3/b14-13-. The monoisotopic (exact) mass is 248 g/mol. The average molecular weight is 248 g/mol.